The van der Waals surface area contributed by atoms with E-state index in [1.54, 1.807) is 30.3 Å². The lowest BCUT2D eigenvalue weighted by atomic mass is 9.98. The number of nitrogens with zero attached hydrogens (tertiary/aromatic N) is 1. The third kappa shape index (κ3) is 2.74. The fourth-order valence-electron chi connectivity index (χ4n) is 2.62. The van der Waals surface area contributed by atoms with Crippen molar-refractivity contribution in [1.29, 1.82) is 0 Å². The number of fused-ring (bicyclic) bond motifs is 2. The SMILES string of the molecule is O=C1O[C@H](C(=O)Nc2nc3ccc(Cl)cc3s2)Cc2ccccc21. The number of carbonyl (C=O) groups is 2. The Kier molecular flexibility index (Phi) is 3.70. The van der Waals surface area contributed by atoms with E-state index in [4.69, 9.17) is 16.3 Å². The molecule has 0 fully saturated rings. The maximum absolute atomic E-state index is 12.4. The third-order valence-electron chi connectivity index (χ3n) is 3.76. The highest BCUT2D eigenvalue weighted by atomic mass is 35.5. The molecule has 2 heterocycles. The van der Waals surface area contributed by atoms with Crippen LogP contribution in [0.4, 0.5) is 5.13 Å². The van der Waals surface area contributed by atoms with Crippen LogP contribution in [0, 0.1) is 0 Å². The molecule has 24 heavy (non-hydrogen) atoms. The van der Waals surface area contributed by atoms with Crippen molar-refractivity contribution in [2.75, 3.05) is 5.32 Å². The van der Waals surface area contributed by atoms with Crippen LogP contribution in [0.5, 0.6) is 0 Å². The first-order valence-electron chi connectivity index (χ1n) is 7.26. The van der Waals surface area contributed by atoms with E-state index in [1.165, 1.54) is 11.3 Å². The molecule has 0 saturated heterocycles. The van der Waals surface area contributed by atoms with Gasteiger partial charge in [-0.1, -0.05) is 41.1 Å². The van der Waals surface area contributed by atoms with E-state index < -0.39 is 12.1 Å². The van der Waals surface area contributed by atoms with Gasteiger partial charge in [0.15, 0.2) is 11.2 Å². The first-order chi connectivity index (χ1) is 11.6. The fourth-order valence-corrected chi connectivity index (χ4v) is 3.76. The van der Waals surface area contributed by atoms with E-state index in [-0.39, 0.29) is 5.91 Å². The average Bonchev–Trinajstić information content (AvgIpc) is 2.96. The van der Waals surface area contributed by atoms with Crippen molar-refractivity contribution < 1.29 is 14.3 Å². The van der Waals surface area contributed by atoms with Gasteiger partial charge in [0.2, 0.25) is 0 Å². The van der Waals surface area contributed by atoms with Gasteiger partial charge in [-0.25, -0.2) is 9.78 Å². The Balaban J connectivity index is 1.55. The van der Waals surface area contributed by atoms with Gasteiger partial charge in [0.05, 0.1) is 15.8 Å². The second kappa shape index (κ2) is 5.89. The average molecular weight is 359 g/mol. The standard InChI is InChI=1S/C17H11ClN2O3S/c18-10-5-6-12-14(8-10)24-17(19-12)20-15(21)13-7-9-3-1-2-4-11(9)16(22)23-13/h1-6,8,13H,7H2,(H,19,20,21)/t13-/m0/s1. The zero-order chi connectivity index (χ0) is 16.7. The first-order valence-corrected chi connectivity index (χ1v) is 8.45. The minimum atomic E-state index is -0.858. The van der Waals surface area contributed by atoms with E-state index >= 15 is 0 Å². The molecule has 4 rings (SSSR count). The number of benzene rings is 2. The fraction of sp³-hybridized carbons (Fsp3) is 0.118. The van der Waals surface area contributed by atoms with Crippen molar-refractivity contribution in [3.8, 4) is 0 Å². The Morgan fingerprint density at radius 2 is 2.12 bits per heavy atom. The second-order valence-electron chi connectivity index (χ2n) is 5.38. The molecule has 0 saturated carbocycles. The molecule has 1 amide bonds. The van der Waals surface area contributed by atoms with Gasteiger partial charge in [-0.2, -0.15) is 0 Å². The van der Waals surface area contributed by atoms with Crippen LogP contribution < -0.4 is 5.32 Å². The monoisotopic (exact) mass is 358 g/mol. The smallest absolute Gasteiger partial charge is 0.339 e. The number of anilines is 1. The number of carbonyl (C=O) groups excluding carboxylic acids is 2. The van der Waals surface area contributed by atoms with Crippen molar-refractivity contribution in [2.24, 2.45) is 0 Å². The van der Waals surface area contributed by atoms with Crippen molar-refractivity contribution in [1.82, 2.24) is 4.98 Å². The Morgan fingerprint density at radius 1 is 1.29 bits per heavy atom. The van der Waals surface area contributed by atoms with Crippen LogP contribution in [-0.2, 0) is 16.0 Å². The molecule has 1 atom stereocenters. The molecule has 3 aromatic rings. The van der Waals surface area contributed by atoms with Crippen LogP contribution in [-0.4, -0.2) is 23.0 Å². The van der Waals surface area contributed by atoms with Crippen molar-refractivity contribution in [3.05, 3.63) is 58.6 Å². The number of esters is 1. The predicted octanol–water partition coefficient (Wildman–Crippen LogP) is 3.67. The Morgan fingerprint density at radius 3 is 3.00 bits per heavy atom. The van der Waals surface area contributed by atoms with E-state index in [0.717, 1.165) is 15.8 Å². The van der Waals surface area contributed by atoms with Crippen LogP contribution in [0.2, 0.25) is 5.02 Å². The molecule has 7 heteroatoms. The summed E-state index contributed by atoms with van der Waals surface area (Å²) in [5.74, 6) is -0.865. The summed E-state index contributed by atoms with van der Waals surface area (Å²) < 4.78 is 6.12. The van der Waals surface area contributed by atoms with Gasteiger partial charge >= 0.3 is 5.97 Å². The topological polar surface area (TPSA) is 68.3 Å². The Hall–Kier alpha value is -2.44. The van der Waals surface area contributed by atoms with Gasteiger partial charge in [-0.15, -0.1) is 0 Å². The molecular formula is C17H11ClN2O3S. The minimum Gasteiger partial charge on any atom is -0.448 e. The first kappa shape index (κ1) is 15.1. The molecule has 0 unspecified atom stereocenters. The van der Waals surface area contributed by atoms with Crippen LogP contribution in [0.15, 0.2) is 42.5 Å². The number of rotatable bonds is 2. The van der Waals surface area contributed by atoms with Gasteiger partial charge in [-0.05, 0) is 29.8 Å². The summed E-state index contributed by atoms with van der Waals surface area (Å²) in [6.45, 7) is 0. The molecule has 120 valence electrons. The van der Waals surface area contributed by atoms with Gasteiger partial charge < -0.3 is 4.74 Å². The van der Waals surface area contributed by atoms with E-state index in [1.807, 2.05) is 12.1 Å². The van der Waals surface area contributed by atoms with E-state index in [2.05, 4.69) is 10.3 Å². The lowest BCUT2D eigenvalue weighted by molar-refractivity contribution is -0.125. The number of cyclic esters (lactones) is 1. The molecule has 1 N–H and O–H groups in total. The quantitative estimate of drug-likeness (QED) is 0.710. The summed E-state index contributed by atoms with van der Waals surface area (Å²) in [6, 6.07) is 12.5. The zero-order valence-electron chi connectivity index (χ0n) is 12.3. The number of hydrogen-bond donors (Lipinski definition) is 1. The number of aromatic nitrogens is 1. The largest absolute Gasteiger partial charge is 0.448 e. The highest BCUT2D eigenvalue weighted by Gasteiger charge is 2.31. The summed E-state index contributed by atoms with van der Waals surface area (Å²) in [5.41, 5.74) is 2.08. The highest BCUT2D eigenvalue weighted by Crippen LogP contribution is 2.29. The number of amides is 1. The molecule has 0 spiro atoms. The van der Waals surface area contributed by atoms with Crippen molar-refractivity contribution in [2.45, 2.75) is 12.5 Å². The van der Waals surface area contributed by atoms with Crippen LogP contribution in [0.25, 0.3) is 10.2 Å². The molecule has 1 aliphatic rings. The number of thiazole rings is 1. The van der Waals surface area contributed by atoms with Gasteiger partial charge in [0.25, 0.3) is 5.91 Å². The van der Waals surface area contributed by atoms with Crippen LogP contribution >= 0.6 is 22.9 Å². The molecule has 0 bridgehead atoms. The summed E-state index contributed by atoms with van der Waals surface area (Å²) in [6.07, 6.45) is -0.507. The number of hydrogen-bond acceptors (Lipinski definition) is 5. The number of halogens is 1. The molecular weight excluding hydrogens is 348 g/mol. The summed E-state index contributed by atoms with van der Waals surface area (Å²) in [7, 11) is 0. The minimum absolute atomic E-state index is 0.352. The molecule has 2 aromatic carbocycles. The second-order valence-corrected chi connectivity index (χ2v) is 6.84. The number of nitrogens with one attached hydrogen (secondary N) is 1. The maximum atomic E-state index is 12.4. The van der Waals surface area contributed by atoms with Gasteiger partial charge in [0, 0.05) is 11.4 Å². The molecule has 0 radical (unpaired) electrons. The zero-order valence-corrected chi connectivity index (χ0v) is 13.9. The molecule has 5 nitrogen and oxygen atoms in total. The maximum Gasteiger partial charge on any atom is 0.339 e. The van der Waals surface area contributed by atoms with Crippen LogP contribution in [0.3, 0.4) is 0 Å². The summed E-state index contributed by atoms with van der Waals surface area (Å²) in [5, 5.41) is 3.78. The molecule has 1 aromatic heterocycles. The highest BCUT2D eigenvalue weighted by molar-refractivity contribution is 7.22. The lowest BCUT2D eigenvalue weighted by Crippen LogP contribution is -2.37. The van der Waals surface area contributed by atoms with Crippen molar-refractivity contribution >= 4 is 50.2 Å². The lowest BCUT2D eigenvalue weighted by Gasteiger charge is -2.23. The number of ether oxygens (including phenoxy) is 1. The van der Waals surface area contributed by atoms with Crippen molar-refractivity contribution in [3.63, 3.8) is 0 Å². The molecule has 1 aliphatic heterocycles. The van der Waals surface area contributed by atoms with E-state index in [0.29, 0.717) is 22.1 Å². The molecule has 0 aliphatic carbocycles. The van der Waals surface area contributed by atoms with E-state index in [9.17, 15) is 9.59 Å². The van der Waals surface area contributed by atoms with Gasteiger partial charge in [0.1, 0.15) is 0 Å². The summed E-state index contributed by atoms with van der Waals surface area (Å²) >= 11 is 7.28. The van der Waals surface area contributed by atoms with Crippen LogP contribution in [0.1, 0.15) is 15.9 Å². The predicted molar refractivity (Wildman–Crippen MR) is 92.6 cm³/mol. The third-order valence-corrected chi connectivity index (χ3v) is 4.93. The van der Waals surface area contributed by atoms with Gasteiger partial charge in [-0.3, -0.25) is 10.1 Å². The Bertz CT molecular complexity index is 969. The normalized spacial score (nSPS) is 16.5. The Labute approximate surface area is 146 Å². The summed E-state index contributed by atoms with van der Waals surface area (Å²) in [4.78, 5) is 28.8.